The van der Waals surface area contributed by atoms with Crippen molar-refractivity contribution in [2.45, 2.75) is 19.9 Å². The zero-order valence-corrected chi connectivity index (χ0v) is 11.2. The molecule has 2 rings (SSSR count). The lowest BCUT2D eigenvalue weighted by atomic mass is 10.1. The molecule has 2 aromatic rings. The lowest BCUT2D eigenvalue weighted by Gasteiger charge is -2.09. The van der Waals surface area contributed by atoms with Gasteiger partial charge in [0.25, 0.3) is 5.56 Å². The van der Waals surface area contributed by atoms with Crippen LogP contribution in [0, 0.1) is 0 Å². The summed E-state index contributed by atoms with van der Waals surface area (Å²) >= 11 is 0. The van der Waals surface area contributed by atoms with Crippen LogP contribution in [-0.2, 0) is 11.3 Å². The second-order valence-corrected chi connectivity index (χ2v) is 4.34. The van der Waals surface area contributed by atoms with Crippen molar-refractivity contribution in [2.24, 2.45) is 0 Å². The van der Waals surface area contributed by atoms with E-state index in [1.807, 2.05) is 6.92 Å². The standard InChI is InChI=1S/C14H16N2O4/c1-2-8-20-9-7-16-13(17)11-6-4-3-5-10(11)12(15-16)14(18)19/h3-6H,2,7-9H2,1H3,(H,18,19). The Hall–Kier alpha value is -2.21. The maximum Gasteiger partial charge on any atom is 0.357 e. The number of rotatable bonds is 6. The summed E-state index contributed by atoms with van der Waals surface area (Å²) < 4.78 is 6.46. The molecule has 0 amide bonds. The molecule has 6 nitrogen and oxygen atoms in total. The van der Waals surface area contributed by atoms with E-state index in [-0.39, 0.29) is 17.8 Å². The number of hydrogen-bond donors (Lipinski definition) is 1. The lowest BCUT2D eigenvalue weighted by Crippen LogP contribution is -2.27. The van der Waals surface area contributed by atoms with E-state index in [2.05, 4.69) is 5.10 Å². The number of benzene rings is 1. The van der Waals surface area contributed by atoms with Crippen molar-refractivity contribution in [1.29, 1.82) is 0 Å². The highest BCUT2D eigenvalue weighted by molar-refractivity contribution is 6.01. The molecule has 0 unspecified atom stereocenters. The minimum absolute atomic E-state index is 0.115. The number of carboxylic acids is 1. The summed E-state index contributed by atoms with van der Waals surface area (Å²) in [4.78, 5) is 23.5. The lowest BCUT2D eigenvalue weighted by molar-refractivity contribution is 0.0688. The monoisotopic (exact) mass is 276 g/mol. The Morgan fingerprint density at radius 2 is 2.00 bits per heavy atom. The molecular weight excluding hydrogens is 260 g/mol. The molecule has 0 saturated carbocycles. The van der Waals surface area contributed by atoms with Crippen molar-refractivity contribution in [1.82, 2.24) is 9.78 Å². The summed E-state index contributed by atoms with van der Waals surface area (Å²) in [7, 11) is 0. The quantitative estimate of drug-likeness (QED) is 0.809. The molecule has 0 fully saturated rings. The van der Waals surface area contributed by atoms with Crippen LogP contribution < -0.4 is 5.56 Å². The highest BCUT2D eigenvalue weighted by Crippen LogP contribution is 2.12. The van der Waals surface area contributed by atoms with Gasteiger partial charge in [-0.3, -0.25) is 4.79 Å². The third-order valence-electron chi connectivity index (χ3n) is 2.87. The molecule has 0 atom stereocenters. The molecule has 0 spiro atoms. The predicted molar refractivity (Wildman–Crippen MR) is 74.1 cm³/mol. The van der Waals surface area contributed by atoms with E-state index in [4.69, 9.17) is 4.74 Å². The van der Waals surface area contributed by atoms with Gasteiger partial charge in [0.05, 0.1) is 18.5 Å². The van der Waals surface area contributed by atoms with E-state index in [1.54, 1.807) is 24.3 Å². The largest absolute Gasteiger partial charge is 0.476 e. The number of carboxylic acid groups (broad SMARTS) is 1. The van der Waals surface area contributed by atoms with Crippen LogP contribution in [0.2, 0.25) is 0 Å². The van der Waals surface area contributed by atoms with Gasteiger partial charge in [-0.25, -0.2) is 9.48 Å². The van der Waals surface area contributed by atoms with E-state index in [0.717, 1.165) is 11.1 Å². The van der Waals surface area contributed by atoms with Gasteiger partial charge in [0.15, 0.2) is 5.69 Å². The van der Waals surface area contributed by atoms with E-state index < -0.39 is 5.97 Å². The van der Waals surface area contributed by atoms with Crippen LogP contribution in [0.1, 0.15) is 23.8 Å². The highest BCUT2D eigenvalue weighted by atomic mass is 16.5. The Labute approximate surface area is 115 Å². The summed E-state index contributed by atoms with van der Waals surface area (Å²) in [5.41, 5.74) is -0.415. The third kappa shape index (κ3) is 2.85. The topological polar surface area (TPSA) is 81.4 Å². The number of nitrogens with zero attached hydrogens (tertiary/aromatic N) is 2. The SMILES string of the molecule is CCCOCCn1nc(C(=O)O)c2ccccc2c1=O. The fourth-order valence-corrected chi connectivity index (χ4v) is 1.94. The molecule has 0 aliphatic carbocycles. The van der Waals surface area contributed by atoms with Crippen LogP contribution in [-0.4, -0.2) is 34.1 Å². The second-order valence-electron chi connectivity index (χ2n) is 4.34. The molecule has 0 aliphatic heterocycles. The first-order valence-corrected chi connectivity index (χ1v) is 6.46. The van der Waals surface area contributed by atoms with E-state index in [1.165, 1.54) is 0 Å². The number of aromatic carboxylic acids is 1. The molecule has 20 heavy (non-hydrogen) atoms. The molecule has 1 aromatic carbocycles. The van der Waals surface area contributed by atoms with Gasteiger partial charge in [0.1, 0.15) is 0 Å². The van der Waals surface area contributed by atoms with Gasteiger partial charge in [-0.2, -0.15) is 5.10 Å². The summed E-state index contributed by atoms with van der Waals surface area (Å²) in [6.07, 6.45) is 0.889. The Bertz CT molecular complexity index is 678. The fraction of sp³-hybridized carbons (Fsp3) is 0.357. The van der Waals surface area contributed by atoms with Gasteiger partial charge in [0.2, 0.25) is 0 Å². The van der Waals surface area contributed by atoms with E-state index >= 15 is 0 Å². The van der Waals surface area contributed by atoms with E-state index in [0.29, 0.717) is 24.0 Å². The molecule has 6 heteroatoms. The highest BCUT2D eigenvalue weighted by Gasteiger charge is 2.15. The minimum atomic E-state index is -1.15. The maximum absolute atomic E-state index is 12.2. The van der Waals surface area contributed by atoms with Crippen molar-refractivity contribution in [2.75, 3.05) is 13.2 Å². The van der Waals surface area contributed by atoms with Gasteiger partial charge in [-0.15, -0.1) is 0 Å². The van der Waals surface area contributed by atoms with Crippen molar-refractivity contribution in [3.05, 3.63) is 40.3 Å². The Balaban J connectivity index is 2.42. The van der Waals surface area contributed by atoms with Gasteiger partial charge < -0.3 is 9.84 Å². The number of aromatic nitrogens is 2. The Kier molecular flexibility index (Phi) is 4.47. The van der Waals surface area contributed by atoms with Crippen LogP contribution in [0.4, 0.5) is 0 Å². The van der Waals surface area contributed by atoms with Crippen molar-refractivity contribution < 1.29 is 14.6 Å². The molecule has 0 bridgehead atoms. The summed E-state index contributed by atoms with van der Waals surface area (Å²) in [6.45, 7) is 3.17. The summed E-state index contributed by atoms with van der Waals surface area (Å²) in [6, 6.07) is 6.58. The summed E-state index contributed by atoms with van der Waals surface area (Å²) in [5.74, 6) is -1.15. The molecule has 0 aliphatic rings. The first kappa shape index (κ1) is 14.2. The molecule has 0 saturated heterocycles. The van der Waals surface area contributed by atoms with Gasteiger partial charge in [0, 0.05) is 12.0 Å². The smallest absolute Gasteiger partial charge is 0.357 e. The Morgan fingerprint density at radius 1 is 1.30 bits per heavy atom. The van der Waals surface area contributed by atoms with Gasteiger partial charge in [-0.1, -0.05) is 25.1 Å². The van der Waals surface area contributed by atoms with E-state index in [9.17, 15) is 14.7 Å². The first-order chi connectivity index (χ1) is 9.65. The van der Waals surface area contributed by atoms with Crippen molar-refractivity contribution in [3.8, 4) is 0 Å². The third-order valence-corrected chi connectivity index (χ3v) is 2.87. The minimum Gasteiger partial charge on any atom is -0.476 e. The van der Waals surface area contributed by atoms with Crippen LogP contribution in [0.5, 0.6) is 0 Å². The fourth-order valence-electron chi connectivity index (χ4n) is 1.94. The first-order valence-electron chi connectivity index (χ1n) is 6.46. The average Bonchev–Trinajstić information content (AvgIpc) is 2.45. The average molecular weight is 276 g/mol. The normalized spacial score (nSPS) is 10.8. The number of hydrogen-bond acceptors (Lipinski definition) is 4. The van der Waals surface area contributed by atoms with Gasteiger partial charge >= 0.3 is 5.97 Å². The van der Waals surface area contributed by atoms with Gasteiger partial charge in [-0.05, 0) is 12.5 Å². The molecular formula is C14H16N2O4. The van der Waals surface area contributed by atoms with Crippen molar-refractivity contribution >= 4 is 16.7 Å². The molecule has 1 N–H and O–H groups in total. The zero-order valence-electron chi connectivity index (χ0n) is 11.2. The maximum atomic E-state index is 12.2. The number of carbonyl (C=O) groups is 1. The summed E-state index contributed by atoms with van der Waals surface area (Å²) in [5, 5.41) is 13.8. The van der Waals surface area contributed by atoms with Crippen molar-refractivity contribution in [3.63, 3.8) is 0 Å². The molecule has 1 aromatic heterocycles. The molecule has 0 radical (unpaired) electrons. The Morgan fingerprint density at radius 3 is 2.65 bits per heavy atom. The van der Waals surface area contributed by atoms with Crippen LogP contribution in [0.3, 0.4) is 0 Å². The number of fused-ring (bicyclic) bond motifs is 1. The van der Waals surface area contributed by atoms with Crippen LogP contribution in [0.25, 0.3) is 10.8 Å². The zero-order chi connectivity index (χ0) is 14.5. The molecule has 1 heterocycles. The predicted octanol–water partition coefficient (Wildman–Crippen LogP) is 1.52. The van der Waals surface area contributed by atoms with Crippen LogP contribution >= 0.6 is 0 Å². The van der Waals surface area contributed by atoms with Crippen LogP contribution in [0.15, 0.2) is 29.1 Å². The second kappa shape index (κ2) is 6.29. The molecule has 106 valence electrons. The number of ether oxygens (including phenoxy) is 1.